The van der Waals surface area contributed by atoms with Gasteiger partial charge in [-0.15, -0.1) is 0 Å². The minimum Gasteiger partial charge on any atom is -0.478 e. The van der Waals surface area contributed by atoms with E-state index in [2.05, 4.69) is 9.46 Å². The van der Waals surface area contributed by atoms with E-state index in [1.807, 2.05) is 0 Å². The van der Waals surface area contributed by atoms with Gasteiger partial charge in [0.2, 0.25) is 10.0 Å². The van der Waals surface area contributed by atoms with Crippen molar-refractivity contribution < 1.29 is 27.9 Å². The van der Waals surface area contributed by atoms with Crippen molar-refractivity contribution in [3.63, 3.8) is 0 Å². The number of anilines is 1. The Kier molecular flexibility index (Phi) is 5.71. The molecule has 0 bridgehead atoms. The van der Waals surface area contributed by atoms with Crippen molar-refractivity contribution in [1.82, 2.24) is 0 Å². The van der Waals surface area contributed by atoms with Gasteiger partial charge in [0.05, 0.1) is 24.3 Å². The van der Waals surface area contributed by atoms with Gasteiger partial charge in [0.15, 0.2) is 0 Å². The molecule has 116 valence electrons. The first-order chi connectivity index (χ1) is 9.75. The molecule has 21 heavy (non-hydrogen) atoms. The van der Waals surface area contributed by atoms with E-state index in [1.165, 1.54) is 18.2 Å². The number of benzene rings is 1. The van der Waals surface area contributed by atoms with Crippen LogP contribution in [0.25, 0.3) is 0 Å². The molecule has 2 N–H and O–H groups in total. The number of carboxylic acids is 1. The van der Waals surface area contributed by atoms with Gasteiger partial charge in [-0.05, 0) is 31.5 Å². The summed E-state index contributed by atoms with van der Waals surface area (Å²) in [4.78, 5) is 22.1. The number of aryl methyl sites for hydroxylation is 1. The lowest BCUT2D eigenvalue weighted by Gasteiger charge is -2.09. The summed E-state index contributed by atoms with van der Waals surface area (Å²) >= 11 is 0. The van der Waals surface area contributed by atoms with Crippen LogP contribution < -0.4 is 4.72 Å². The number of carbonyl (C=O) groups excluding carboxylic acids is 1. The molecule has 1 aromatic rings. The molecule has 8 heteroatoms. The zero-order valence-electron chi connectivity index (χ0n) is 11.8. The lowest BCUT2D eigenvalue weighted by Crippen LogP contribution is -2.20. The number of rotatable bonds is 7. The molecule has 0 heterocycles. The second-order valence-corrected chi connectivity index (χ2v) is 6.15. The molecule has 1 aromatic carbocycles. The van der Waals surface area contributed by atoms with E-state index in [0.29, 0.717) is 5.56 Å². The van der Waals surface area contributed by atoms with Crippen LogP contribution in [0, 0.1) is 6.92 Å². The number of nitrogens with one attached hydrogen (secondary N) is 1. The van der Waals surface area contributed by atoms with Crippen molar-refractivity contribution in [2.75, 3.05) is 17.1 Å². The topological polar surface area (TPSA) is 110 Å². The molecular weight excluding hydrogens is 298 g/mol. The van der Waals surface area contributed by atoms with Crippen molar-refractivity contribution in [3.8, 4) is 0 Å². The van der Waals surface area contributed by atoms with E-state index >= 15 is 0 Å². The molecule has 0 amide bonds. The van der Waals surface area contributed by atoms with Gasteiger partial charge in [-0.3, -0.25) is 9.52 Å². The Balaban J connectivity index is 2.78. The standard InChI is InChI=1S/C13H17NO6S/c1-3-20-12(15)6-7-21(18,19)14-10-5-4-9(2)11(8-10)13(16)17/h4-5,8,14H,3,6-7H2,1-2H3,(H,16,17). The summed E-state index contributed by atoms with van der Waals surface area (Å²) < 4.78 is 30.5. The number of sulfonamides is 1. The monoisotopic (exact) mass is 315 g/mol. The largest absolute Gasteiger partial charge is 0.478 e. The molecule has 0 aliphatic rings. The highest BCUT2D eigenvalue weighted by atomic mass is 32.2. The summed E-state index contributed by atoms with van der Waals surface area (Å²) in [7, 11) is -3.75. The van der Waals surface area contributed by atoms with Gasteiger partial charge in [0.25, 0.3) is 0 Å². The van der Waals surface area contributed by atoms with Crippen LogP contribution >= 0.6 is 0 Å². The number of hydrogen-bond donors (Lipinski definition) is 2. The Hall–Kier alpha value is -2.09. The van der Waals surface area contributed by atoms with Crippen LogP contribution in [0.5, 0.6) is 0 Å². The van der Waals surface area contributed by atoms with Crippen LogP contribution in [-0.2, 0) is 19.6 Å². The normalized spacial score (nSPS) is 11.0. The van der Waals surface area contributed by atoms with Crippen LogP contribution in [0.2, 0.25) is 0 Å². The molecule has 0 atom stereocenters. The zero-order valence-corrected chi connectivity index (χ0v) is 12.6. The molecule has 0 aliphatic carbocycles. The van der Waals surface area contributed by atoms with Gasteiger partial charge >= 0.3 is 11.9 Å². The van der Waals surface area contributed by atoms with Crippen molar-refractivity contribution in [1.29, 1.82) is 0 Å². The Morgan fingerprint density at radius 2 is 2.00 bits per heavy atom. The summed E-state index contributed by atoms with van der Waals surface area (Å²) in [6.45, 7) is 3.43. The van der Waals surface area contributed by atoms with Gasteiger partial charge in [-0.25, -0.2) is 13.2 Å². The lowest BCUT2D eigenvalue weighted by molar-refractivity contribution is -0.142. The Morgan fingerprint density at radius 1 is 1.33 bits per heavy atom. The van der Waals surface area contributed by atoms with E-state index in [9.17, 15) is 18.0 Å². The predicted molar refractivity (Wildman–Crippen MR) is 76.8 cm³/mol. The van der Waals surface area contributed by atoms with Crippen molar-refractivity contribution >= 4 is 27.6 Å². The van der Waals surface area contributed by atoms with Gasteiger partial charge in [0.1, 0.15) is 0 Å². The van der Waals surface area contributed by atoms with Crippen molar-refractivity contribution in [3.05, 3.63) is 29.3 Å². The number of hydrogen-bond acceptors (Lipinski definition) is 5. The Bertz CT molecular complexity index is 638. The minimum atomic E-state index is -3.75. The summed E-state index contributed by atoms with van der Waals surface area (Å²) in [6.07, 6.45) is -0.263. The second-order valence-electron chi connectivity index (χ2n) is 4.31. The van der Waals surface area contributed by atoms with E-state index in [4.69, 9.17) is 5.11 Å². The molecular formula is C13H17NO6S. The number of ether oxygens (including phenoxy) is 1. The van der Waals surface area contributed by atoms with E-state index in [1.54, 1.807) is 13.8 Å². The third kappa shape index (κ3) is 5.42. The van der Waals surface area contributed by atoms with Crippen LogP contribution in [0.4, 0.5) is 5.69 Å². The van der Waals surface area contributed by atoms with Gasteiger partial charge in [-0.2, -0.15) is 0 Å². The number of esters is 1. The zero-order chi connectivity index (χ0) is 16.0. The highest BCUT2D eigenvalue weighted by Crippen LogP contribution is 2.17. The average molecular weight is 315 g/mol. The highest BCUT2D eigenvalue weighted by Gasteiger charge is 2.15. The molecule has 0 spiro atoms. The van der Waals surface area contributed by atoms with Gasteiger partial charge < -0.3 is 9.84 Å². The molecule has 0 aromatic heterocycles. The molecule has 0 aliphatic heterocycles. The first kappa shape index (κ1) is 17.0. The van der Waals surface area contributed by atoms with Gasteiger partial charge in [-0.1, -0.05) is 6.07 Å². The maximum Gasteiger partial charge on any atom is 0.336 e. The summed E-state index contributed by atoms with van der Waals surface area (Å²) in [5.41, 5.74) is 0.680. The molecule has 0 saturated heterocycles. The first-order valence-corrected chi connectivity index (χ1v) is 7.90. The molecule has 0 fully saturated rings. The molecule has 0 saturated carbocycles. The van der Waals surface area contributed by atoms with Crippen LogP contribution in [0.1, 0.15) is 29.3 Å². The number of carbonyl (C=O) groups is 2. The number of aromatic carboxylic acids is 1. The maximum atomic E-state index is 11.8. The van der Waals surface area contributed by atoms with Crippen molar-refractivity contribution in [2.45, 2.75) is 20.3 Å². The molecule has 1 rings (SSSR count). The number of carboxylic acid groups (broad SMARTS) is 1. The Morgan fingerprint density at radius 3 is 2.57 bits per heavy atom. The summed E-state index contributed by atoms with van der Waals surface area (Å²) in [5, 5.41) is 8.99. The minimum absolute atomic E-state index is 0.0144. The highest BCUT2D eigenvalue weighted by molar-refractivity contribution is 7.92. The maximum absolute atomic E-state index is 11.8. The fourth-order valence-corrected chi connectivity index (χ4v) is 2.62. The summed E-state index contributed by atoms with van der Waals surface area (Å²) in [6, 6.07) is 4.20. The first-order valence-electron chi connectivity index (χ1n) is 6.25. The van der Waals surface area contributed by atoms with E-state index in [-0.39, 0.29) is 24.3 Å². The fraction of sp³-hybridized carbons (Fsp3) is 0.385. The third-order valence-electron chi connectivity index (χ3n) is 2.62. The lowest BCUT2D eigenvalue weighted by atomic mass is 10.1. The van der Waals surface area contributed by atoms with Crippen molar-refractivity contribution in [2.24, 2.45) is 0 Å². The third-order valence-corrected chi connectivity index (χ3v) is 3.91. The second kappa shape index (κ2) is 7.07. The van der Waals surface area contributed by atoms with E-state index < -0.39 is 27.7 Å². The predicted octanol–water partition coefficient (Wildman–Crippen LogP) is 1.39. The summed E-state index contributed by atoms with van der Waals surface area (Å²) in [5.74, 6) is -2.17. The smallest absolute Gasteiger partial charge is 0.336 e. The van der Waals surface area contributed by atoms with Crippen LogP contribution in [0.15, 0.2) is 18.2 Å². The van der Waals surface area contributed by atoms with Gasteiger partial charge in [0, 0.05) is 5.69 Å². The SMILES string of the molecule is CCOC(=O)CCS(=O)(=O)Nc1ccc(C)c(C(=O)O)c1. The quantitative estimate of drug-likeness (QED) is 0.736. The molecule has 7 nitrogen and oxygen atoms in total. The van der Waals surface area contributed by atoms with Crippen LogP contribution in [-0.4, -0.2) is 37.8 Å². The molecule has 0 radical (unpaired) electrons. The average Bonchev–Trinajstić information content (AvgIpc) is 2.39. The fourth-order valence-electron chi connectivity index (χ4n) is 1.60. The van der Waals surface area contributed by atoms with E-state index in [0.717, 1.165) is 0 Å². The molecule has 0 unspecified atom stereocenters. The van der Waals surface area contributed by atoms with Crippen LogP contribution in [0.3, 0.4) is 0 Å². The Labute approximate surface area is 123 Å².